The number of hydrogen-bond donors (Lipinski definition) is 1. The molecule has 0 aromatic carbocycles. The van der Waals surface area contributed by atoms with Gasteiger partial charge in [0.05, 0.1) is 29.5 Å². The molecule has 0 unspecified atom stereocenters. The number of aromatic nitrogens is 5. The molecule has 12 heteroatoms. The lowest BCUT2D eigenvalue weighted by molar-refractivity contribution is 0.385. The minimum atomic E-state index is -4.30. The highest BCUT2D eigenvalue weighted by atomic mass is 35.5. The lowest BCUT2D eigenvalue weighted by Gasteiger charge is -2.11. The summed E-state index contributed by atoms with van der Waals surface area (Å²) in [6, 6.07) is 4.18. The van der Waals surface area contributed by atoms with E-state index in [4.69, 9.17) is 16.3 Å². The lowest BCUT2D eigenvalue weighted by atomic mass is 10.2. The molecule has 0 fully saturated rings. The summed E-state index contributed by atoms with van der Waals surface area (Å²) in [7, 11) is -3.05. The first-order valence-electron chi connectivity index (χ1n) is 8.55. The molecule has 4 rings (SSSR count). The first-order chi connectivity index (χ1) is 14.9. The molecule has 31 heavy (non-hydrogen) atoms. The van der Waals surface area contributed by atoms with Gasteiger partial charge in [0.25, 0.3) is 10.0 Å². The van der Waals surface area contributed by atoms with Crippen molar-refractivity contribution in [3.8, 4) is 17.7 Å². The molecule has 0 spiro atoms. The van der Waals surface area contributed by atoms with Gasteiger partial charge in [-0.25, -0.2) is 32.3 Å². The number of fused-ring (bicyclic) bond motifs is 1. The predicted octanol–water partition coefficient (Wildman–Crippen LogP) is 2.52. The third-order valence-electron chi connectivity index (χ3n) is 3.98. The highest BCUT2D eigenvalue weighted by Crippen LogP contribution is 2.27. The second-order valence-electron chi connectivity index (χ2n) is 6.01. The van der Waals surface area contributed by atoms with E-state index in [2.05, 4.69) is 36.6 Å². The van der Waals surface area contributed by atoms with E-state index in [0.29, 0.717) is 11.2 Å². The fourth-order valence-corrected chi connectivity index (χ4v) is 3.94. The van der Waals surface area contributed by atoms with Gasteiger partial charge in [0, 0.05) is 30.9 Å². The molecule has 0 saturated heterocycles. The first kappa shape index (κ1) is 20.5. The maximum atomic E-state index is 14.9. The van der Waals surface area contributed by atoms with Crippen molar-refractivity contribution in [3.05, 3.63) is 71.2 Å². The van der Waals surface area contributed by atoms with Crippen LogP contribution in [0, 0.1) is 17.7 Å². The third kappa shape index (κ3) is 4.25. The number of pyridine rings is 2. The van der Waals surface area contributed by atoms with Crippen LogP contribution in [0.2, 0.25) is 5.02 Å². The molecule has 0 aliphatic rings. The van der Waals surface area contributed by atoms with Crippen LogP contribution in [0.3, 0.4) is 0 Å². The van der Waals surface area contributed by atoms with E-state index in [9.17, 15) is 12.8 Å². The van der Waals surface area contributed by atoms with E-state index < -0.39 is 21.7 Å². The number of nitrogens with one attached hydrogen (secondary N) is 1. The Morgan fingerprint density at radius 3 is 2.81 bits per heavy atom. The Morgan fingerprint density at radius 2 is 2.00 bits per heavy atom. The van der Waals surface area contributed by atoms with Crippen LogP contribution < -0.4 is 9.46 Å². The van der Waals surface area contributed by atoms with Crippen molar-refractivity contribution in [3.63, 3.8) is 0 Å². The van der Waals surface area contributed by atoms with E-state index in [1.165, 1.54) is 36.3 Å². The monoisotopic (exact) mass is 458 g/mol. The summed E-state index contributed by atoms with van der Waals surface area (Å²) >= 11 is 5.84. The average Bonchev–Trinajstić information content (AvgIpc) is 3.22. The number of rotatable bonds is 4. The van der Waals surface area contributed by atoms with Gasteiger partial charge in [-0.15, -0.1) is 0 Å². The molecule has 156 valence electrons. The van der Waals surface area contributed by atoms with E-state index in [1.54, 1.807) is 18.5 Å². The number of anilines is 1. The minimum Gasteiger partial charge on any atom is -0.480 e. The SMILES string of the molecule is COc1ncc(Cl)cc1S(=O)(=O)Nc1nccc(C#Cc2cnc3ccnn3c2)c1F. The van der Waals surface area contributed by atoms with Gasteiger partial charge in [0.15, 0.2) is 22.2 Å². The Bertz CT molecular complexity index is 1460. The van der Waals surface area contributed by atoms with Crippen molar-refractivity contribution in [2.24, 2.45) is 0 Å². The molecule has 0 aliphatic carbocycles. The fourth-order valence-electron chi connectivity index (χ4n) is 2.56. The van der Waals surface area contributed by atoms with Crippen LogP contribution in [0.1, 0.15) is 11.1 Å². The number of halogens is 2. The highest BCUT2D eigenvalue weighted by molar-refractivity contribution is 7.92. The maximum absolute atomic E-state index is 14.9. The average molecular weight is 459 g/mol. The number of sulfonamides is 1. The smallest absolute Gasteiger partial charge is 0.268 e. The summed E-state index contributed by atoms with van der Waals surface area (Å²) in [4.78, 5) is 11.4. The first-order valence-corrected chi connectivity index (χ1v) is 10.4. The molecule has 0 atom stereocenters. The summed E-state index contributed by atoms with van der Waals surface area (Å²) in [5.41, 5.74) is 1.07. The Kier molecular flexibility index (Phi) is 5.41. The molecule has 0 bridgehead atoms. The zero-order valence-corrected chi connectivity index (χ0v) is 17.3. The third-order valence-corrected chi connectivity index (χ3v) is 5.52. The van der Waals surface area contributed by atoms with Crippen LogP contribution in [-0.2, 0) is 10.0 Å². The van der Waals surface area contributed by atoms with Gasteiger partial charge in [-0.3, -0.25) is 4.72 Å². The normalized spacial score (nSPS) is 11.1. The summed E-state index contributed by atoms with van der Waals surface area (Å²) in [6.45, 7) is 0. The Balaban J connectivity index is 1.66. The van der Waals surface area contributed by atoms with Crippen molar-refractivity contribution >= 4 is 33.1 Å². The summed E-state index contributed by atoms with van der Waals surface area (Å²) in [6.07, 6.45) is 7.20. The Hall–Kier alpha value is -3.75. The zero-order chi connectivity index (χ0) is 22.0. The van der Waals surface area contributed by atoms with Gasteiger partial charge < -0.3 is 4.74 Å². The molecule has 1 N–H and O–H groups in total. The summed E-state index contributed by atoms with van der Waals surface area (Å²) in [5, 5.41) is 4.12. The lowest BCUT2D eigenvalue weighted by Crippen LogP contribution is -2.17. The highest BCUT2D eigenvalue weighted by Gasteiger charge is 2.24. The quantitative estimate of drug-likeness (QED) is 0.468. The van der Waals surface area contributed by atoms with E-state index in [1.807, 2.05) is 0 Å². The van der Waals surface area contributed by atoms with E-state index in [-0.39, 0.29) is 21.4 Å². The number of ether oxygens (including phenoxy) is 1. The largest absolute Gasteiger partial charge is 0.480 e. The van der Waals surface area contributed by atoms with Crippen LogP contribution in [0.5, 0.6) is 5.88 Å². The van der Waals surface area contributed by atoms with Crippen LogP contribution in [0.25, 0.3) is 5.65 Å². The number of methoxy groups -OCH3 is 1. The van der Waals surface area contributed by atoms with E-state index >= 15 is 0 Å². The topological polar surface area (TPSA) is 111 Å². The van der Waals surface area contributed by atoms with Crippen LogP contribution >= 0.6 is 11.6 Å². The van der Waals surface area contributed by atoms with Crippen molar-refractivity contribution in [2.45, 2.75) is 4.90 Å². The number of nitrogens with zero attached hydrogens (tertiary/aromatic N) is 5. The van der Waals surface area contributed by atoms with Crippen molar-refractivity contribution < 1.29 is 17.5 Å². The molecular formula is C19H12ClFN6O3S. The Morgan fingerprint density at radius 1 is 1.16 bits per heavy atom. The van der Waals surface area contributed by atoms with Crippen molar-refractivity contribution in [1.82, 2.24) is 24.6 Å². The molecule has 9 nitrogen and oxygen atoms in total. The molecule has 0 amide bonds. The predicted molar refractivity (Wildman–Crippen MR) is 110 cm³/mol. The van der Waals surface area contributed by atoms with Gasteiger partial charge in [-0.2, -0.15) is 5.10 Å². The molecule has 0 radical (unpaired) electrons. The second-order valence-corrected chi connectivity index (χ2v) is 8.10. The molecule has 4 aromatic rings. The van der Waals surface area contributed by atoms with Gasteiger partial charge in [0.2, 0.25) is 5.88 Å². The maximum Gasteiger partial charge on any atom is 0.268 e. The van der Waals surface area contributed by atoms with Crippen LogP contribution in [-0.4, -0.2) is 40.1 Å². The van der Waals surface area contributed by atoms with Crippen molar-refractivity contribution in [2.75, 3.05) is 11.8 Å². The molecule has 0 saturated carbocycles. The van der Waals surface area contributed by atoms with Gasteiger partial charge >= 0.3 is 0 Å². The number of hydrogen-bond acceptors (Lipinski definition) is 7. The molecule has 4 aromatic heterocycles. The molecule has 4 heterocycles. The summed E-state index contributed by atoms with van der Waals surface area (Å²) in [5.74, 6) is 3.73. The minimum absolute atomic E-state index is 0.0653. The molecule has 0 aliphatic heterocycles. The zero-order valence-electron chi connectivity index (χ0n) is 15.7. The molecular weight excluding hydrogens is 447 g/mol. The van der Waals surface area contributed by atoms with Crippen molar-refractivity contribution in [1.29, 1.82) is 0 Å². The van der Waals surface area contributed by atoms with E-state index in [0.717, 1.165) is 6.07 Å². The van der Waals surface area contributed by atoms with Gasteiger partial charge in [-0.1, -0.05) is 23.4 Å². The van der Waals surface area contributed by atoms with Crippen LogP contribution in [0.15, 0.2) is 54.1 Å². The van der Waals surface area contributed by atoms with Crippen LogP contribution in [0.4, 0.5) is 10.2 Å². The summed E-state index contributed by atoms with van der Waals surface area (Å²) < 4.78 is 48.9. The standard InChI is InChI=1S/C19H12ClFN6O3S/c1-30-19-15(8-14(20)10-24-19)31(28,29)26-18-17(21)13(4-6-22-18)3-2-12-9-23-16-5-7-25-27(16)11-12/h4-11H,1H3,(H,22,26). The Labute approximate surface area is 180 Å². The van der Waals surface area contributed by atoms with Gasteiger partial charge in [0.1, 0.15) is 0 Å². The fraction of sp³-hybridized carbons (Fsp3) is 0.0526. The van der Waals surface area contributed by atoms with Gasteiger partial charge in [-0.05, 0) is 12.1 Å². The second kappa shape index (κ2) is 8.17.